The van der Waals surface area contributed by atoms with Crippen LogP contribution in [0.3, 0.4) is 0 Å². The Morgan fingerprint density at radius 2 is 1.49 bits per heavy atom. The van der Waals surface area contributed by atoms with Gasteiger partial charge in [-0.05, 0) is 68.0 Å². The minimum absolute atomic E-state index is 0.100. The zero-order valence-electron chi connectivity index (χ0n) is 24.3. The summed E-state index contributed by atoms with van der Waals surface area (Å²) >= 11 is 0. The molecule has 41 heavy (non-hydrogen) atoms. The summed E-state index contributed by atoms with van der Waals surface area (Å²) in [5, 5.41) is 3.15. The van der Waals surface area contributed by atoms with Gasteiger partial charge in [-0.25, -0.2) is 8.42 Å². The molecule has 0 heterocycles. The van der Waals surface area contributed by atoms with E-state index in [1.807, 2.05) is 57.2 Å². The van der Waals surface area contributed by atoms with E-state index in [9.17, 15) is 18.0 Å². The number of hydrogen-bond donors (Lipinski definition) is 1. The molecule has 1 atom stereocenters. The highest BCUT2D eigenvalue weighted by Gasteiger charge is 2.34. The molecular formula is C33H41N3O4S. The SMILES string of the molecule is CCc1ccc(N(CC(=O)N(Cc2ccc(C)cc2)[C@H](CC)C(=O)NC2CCCC2)S(=O)(=O)c2ccccc2)cc1. The molecule has 0 aliphatic heterocycles. The number of nitrogens with one attached hydrogen (secondary N) is 1. The molecule has 1 fully saturated rings. The molecule has 1 aliphatic rings. The van der Waals surface area contributed by atoms with Gasteiger partial charge in [0.15, 0.2) is 0 Å². The Hall–Kier alpha value is -3.65. The number of sulfonamides is 1. The lowest BCUT2D eigenvalue weighted by atomic mass is 10.1. The normalized spacial score (nSPS) is 14.4. The molecule has 0 saturated heterocycles. The van der Waals surface area contributed by atoms with Gasteiger partial charge in [0.25, 0.3) is 10.0 Å². The molecule has 4 rings (SSSR count). The van der Waals surface area contributed by atoms with Gasteiger partial charge in [-0.2, -0.15) is 0 Å². The largest absolute Gasteiger partial charge is 0.352 e. The number of carbonyl (C=O) groups is 2. The smallest absolute Gasteiger partial charge is 0.264 e. The summed E-state index contributed by atoms with van der Waals surface area (Å²) in [6.45, 7) is 5.68. The molecule has 0 radical (unpaired) electrons. The minimum atomic E-state index is -4.07. The molecule has 3 aromatic rings. The van der Waals surface area contributed by atoms with Crippen LogP contribution >= 0.6 is 0 Å². The predicted molar refractivity (Wildman–Crippen MR) is 163 cm³/mol. The molecule has 0 unspecified atom stereocenters. The fourth-order valence-electron chi connectivity index (χ4n) is 5.32. The van der Waals surface area contributed by atoms with Gasteiger partial charge in [-0.3, -0.25) is 13.9 Å². The average molecular weight is 576 g/mol. The second kappa shape index (κ2) is 13.8. The van der Waals surface area contributed by atoms with E-state index in [1.165, 1.54) is 12.1 Å². The second-order valence-electron chi connectivity index (χ2n) is 10.8. The van der Waals surface area contributed by atoms with Gasteiger partial charge in [0.05, 0.1) is 10.6 Å². The number of nitrogens with zero attached hydrogens (tertiary/aromatic N) is 2. The van der Waals surface area contributed by atoms with Crippen molar-refractivity contribution in [3.8, 4) is 0 Å². The minimum Gasteiger partial charge on any atom is -0.352 e. The third-order valence-corrected chi connectivity index (χ3v) is 9.59. The van der Waals surface area contributed by atoms with Crippen molar-refractivity contribution in [1.29, 1.82) is 0 Å². The summed E-state index contributed by atoms with van der Waals surface area (Å²) in [7, 11) is -4.07. The van der Waals surface area contributed by atoms with Gasteiger partial charge in [-0.15, -0.1) is 0 Å². The first-order valence-corrected chi connectivity index (χ1v) is 16.0. The van der Waals surface area contributed by atoms with E-state index in [-0.39, 0.29) is 23.4 Å². The van der Waals surface area contributed by atoms with Crippen LogP contribution in [0.5, 0.6) is 0 Å². The average Bonchev–Trinajstić information content (AvgIpc) is 3.50. The summed E-state index contributed by atoms with van der Waals surface area (Å²) in [6.07, 6.45) is 5.25. The van der Waals surface area contributed by atoms with Crippen molar-refractivity contribution < 1.29 is 18.0 Å². The lowest BCUT2D eigenvalue weighted by Gasteiger charge is -2.34. The van der Waals surface area contributed by atoms with E-state index in [2.05, 4.69) is 5.32 Å². The Labute approximate surface area is 244 Å². The summed E-state index contributed by atoms with van der Waals surface area (Å²) in [5.41, 5.74) is 3.43. The molecule has 0 aromatic heterocycles. The zero-order valence-corrected chi connectivity index (χ0v) is 25.1. The van der Waals surface area contributed by atoms with Crippen molar-refractivity contribution >= 4 is 27.5 Å². The Kier molecular flexibility index (Phi) is 10.2. The third kappa shape index (κ3) is 7.55. The van der Waals surface area contributed by atoms with Gasteiger partial charge < -0.3 is 10.2 Å². The van der Waals surface area contributed by atoms with E-state index in [0.717, 1.165) is 53.1 Å². The number of carbonyl (C=O) groups excluding carboxylic acids is 2. The van der Waals surface area contributed by atoms with Crippen LogP contribution in [0.15, 0.2) is 83.8 Å². The number of rotatable bonds is 12. The van der Waals surface area contributed by atoms with E-state index in [0.29, 0.717) is 12.1 Å². The molecule has 2 amide bonds. The first kappa shape index (κ1) is 30.3. The molecule has 0 bridgehead atoms. The highest BCUT2D eigenvalue weighted by Crippen LogP contribution is 2.26. The van der Waals surface area contributed by atoms with Crippen LogP contribution in [0.25, 0.3) is 0 Å². The molecule has 8 heteroatoms. The molecule has 1 N–H and O–H groups in total. The van der Waals surface area contributed by atoms with Crippen molar-refractivity contribution in [1.82, 2.24) is 10.2 Å². The number of anilines is 1. The summed E-state index contributed by atoms with van der Waals surface area (Å²) in [6, 6.07) is 22.6. The Morgan fingerprint density at radius 1 is 0.878 bits per heavy atom. The van der Waals surface area contributed by atoms with Gasteiger partial charge in [-0.1, -0.05) is 86.8 Å². The van der Waals surface area contributed by atoms with Gasteiger partial charge in [0, 0.05) is 12.6 Å². The van der Waals surface area contributed by atoms with E-state index in [4.69, 9.17) is 0 Å². The van der Waals surface area contributed by atoms with Crippen LogP contribution in [-0.4, -0.2) is 43.8 Å². The third-order valence-electron chi connectivity index (χ3n) is 7.80. The van der Waals surface area contributed by atoms with Crippen molar-refractivity contribution in [2.24, 2.45) is 0 Å². The summed E-state index contributed by atoms with van der Waals surface area (Å²) in [5.74, 6) is -0.623. The van der Waals surface area contributed by atoms with Crippen LogP contribution < -0.4 is 9.62 Å². The number of hydrogen-bond acceptors (Lipinski definition) is 4. The highest BCUT2D eigenvalue weighted by atomic mass is 32.2. The first-order chi connectivity index (χ1) is 19.7. The maximum Gasteiger partial charge on any atom is 0.264 e. The van der Waals surface area contributed by atoms with Crippen LogP contribution in [0, 0.1) is 6.92 Å². The van der Waals surface area contributed by atoms with Crippen LogP contribution in [0.4, 0.5) is 5.69 Å². The topological polar surface area (TPSA) is 86.8 Å². The zero-order chi connectivity index (χ0) is 29.4. The molecule has 3 aromatic carbocycles. The van der Waals surface area contributed by atoms with Crippen molar-refractivity contribution in [3.05, 3.63) is 95.6 Å². The van der Waals surface area contributed by atoms with Crippen LogP contribution in [0.1, 0.15) is 62.6 Å². The Morgan fingerprint density at radius 3 is 2.07 bits per heavy atom. The van der Waals surface area contributed by atoms with Crippen molar-refractivity contribution in [2.75, 3.05) is 10.8 Å². The molecule has 0 spiro atoms. The molecule has 218 valence electrons. The van der Waals surface area contributed by atoms with Gasteiger partial charge in [0.2, 0.25) is 11.8 Å². The molecule has 1 aliphatic carbocycles. The number of amides is 2. The standard InChI is InChI=1S/C33H41N3O4S/c1-4-26-19-21-29(22-20-26)36(41(39,40)30-13-7-6-8-14-30)24-32(37)35(23-27-17-15-25(3)16-18-27)31(5-2)33(38)34-28-11-9-10-12-28/h6-8,13-22,28,31H,4-5,9-12,23-24H2,1-3H3,(H,34,38)/t31-/m1/s1. The van der Waals surface area contributed by atoms with Gasteiger partial charge in [0.1, 0.15) is 12.6 Å². The van der Waals surface area contributed by atoms with Gasteiger partial charge >= 0.3 is 0 Å². The molecule has 7 nitrogen and oxygen atoms in total. The number of aryl methyl sites for hydroxylation is 2. The maximum atomic E-state index is 14.2. The highest BCUT2D eigenvalue weighted by molar-refractivity contribution is 7.92. The Balaban J connectivity index is 1.70. The summed E-state index contributed by atoms with van der Waals surface area (Å²) < 4.78 is 29.0. The van der Waals surface area contributed by atoms with Crippen LogP contribution in [0.2, 0.25) is 0 Å². The summed E-state index contributed by atoms with van der Waals surface area (Å²) in [4.78, 5) is 29.4. The molecular weight excluding hydrogens is 534 g/mol. The fraction of sp³-hybridized carbons (Fsp3) is 0.394. The predicted octanol–water partition coefficient (Wildman–Crippen LogP) is 5.62. The fourth-order valence-corrected chi connectivity index (χ4v) is 6.76. The maximum absolute atomic E-state index is 14.2. The molecule has 1 saturated carbocycles. The van der Waals surface area contributed by atoms with E-state index >= 15 is 0 Å². The quantitative estimate of drug-likeness (QED) is 0.304. The van der Waals surface area contributed by atoms with Crippen LogP contribution in [-0.2, 0) is 32.6 Å². The van der Waals surface area contributed by atoms with Crippen molar-refractivity contribution in [3.63, 3.8) is 0 Å². The number of benzene rings is 3. The first-order valence-electron chi connectivity index (χ1n) is 14.5. The van der Waals surface area contributed by atoms with E-state index in [1.54, 1.807) is 35.2 Å². The second-order valence-corrected chi connectivity index (χ2v) is 12.6. The van der Waals surface area contributed by atoms with E-state index < -0.39 is 28.5 Å². The lowest BCUT2D eigenvalue weighted by Crippen LogP contribution is -2.53. The lowest BCUT2D eigenvalue weighted by molar-refractivity contribution is -0.140. The Bertz CT molecular complexity index is 1400. The monoisotopic (exact) mass is 575 g/mol. The van der Waals surface area contributed by atoms with Crippen molar-refractivity contribution in [2.45, 2.75) is 82.8 Å².